The molecule has 12 heteroatoms. The molecule has 3 aromatic heterocycles. The van der Waals surface area contributed by atoms with Gasteiger partial charge in [0.25, 0.3) is 5.92 Å². The minimum Gasteiger partial charge on any atom is -0.481 e. The number of rotatable bonds is 11. The molecular formula is C27H33ClF2N6O3. The van der Waals surface area contributed by atoms with Crippen molar-refractivity contribution in [1.82, 2.24) is 29.4 Å². The summed E-state index contributed by atoms with van der Waals surface area (Å²) in [6, 6.07) is 5.39. The Kier molecular flexibility index (Phi) is 8.27. The Balaban J connectivity index is 1.75. The molecule has 0 aliphatic carbocycles. The summed E-state index contributed by atoms with van der Waals surface area (Å²) >= 11 is 6.90. The van der Waals surface area contributed by atoms with Crippen LogP contribution in [-0.4, -0.2) is 62.0 Å². The summed E-state index contributed by atoms with van der Waals surface area (Å²) in [6.45, 7) is 4.60. The number of pyridine rings is 1. The average Bonchev–Trinajstić information content (AvgIpc) is 3.41. The predicted molar refractivity (Wildman–Crippen MR) is 144 cm³/mol. The number of aliphatic hydroxyl groups is 1. The zero-order valence-corrected chi connectivity index (χ0v) is 23.6. The van der Waals surface area contributed by atoms with E-state index >= 15 is 0 Å². The highest BCUT2D eigenvalue weighted by atomic mass is 35.5. The van der Waals surface area contributed by atoms with Crippen LogP contribution in [0.3, 0.4) is 0 Å². The van der Waals surface area contributed by atoms with E-state index in [4.69, 9.17) is 21.1 Å². The Bertz CT molecular complexity index is 1430. The van der Waals surface area contributed by atoms with Gasteiger partial charge < -0.3 is 29.0 Å². The summed E-state index contributed by atoms with van der Waals surface area (Å²) in [4.78, 5) is 13.4. The summed E-state index contributed by atoms with van der Waals surface area (Å²) in [7, 11) is 5.20. The van der Waals surface area contributed by atoms with Crippen molar-refractivity contribution >= 4 is 22.5 Å². The number of fused-ring (bicyclic) bond motifs is 1. The van der Waals surface area contributed by atoms with E-state index in [1.54, 1.807) is 24.5 Å². The molecule has 1 aromatic carbocycles. The molecule has 0 unspecified atom stereocenters. The third kappa shape index (κ3) is 5.62. The molecule has 0 aliphatic heterocycles. The van der Waals surface area contributed by atoms with Crippen molar-refractivity contribution in [2.75, 3.05) is 26.9 Å². The van der Waals surface area contributed by atoms with Gasteiger partial charge in [-0.25, -0.2) is 23.7 Å². The molecule has 0 saturated heterocycles. The van der Waals surface area contributed by atoms with E-state index in [1.807, 2.05) is 43.1 Å². The van der Waals surface area contributed by atoms with Gasteiger partial charge in [-0.05, 0) is 31.5 Å². The fourth-order valence-corrected chi connectivity index (χ4v) is 4.80. The van der Waals surface area contributed by atoms with Crippen molar-refractivity contribution in [3.05, 3.63) is 69.8 Å². The molecule has 0 fully saturated rings. The molecule has 0 aliphatic rings. The van der Waals surface area contributed by atoms with Gasteiger partial charge in [0.05, 0.1) is 48.0 Å². The second-order valence-corrected chi connectivity index (χ2v) is 10.0. The lowest BCUT2D eigenvalue weighted by Crippen LogP contribution is -2.33. The van der Waals surface area contributed by atoms with Crippen LogP contribution >= 0.6 is 11.6 Å². The number of hydrogen-bond acceptors (Lipinski definition) is 7. The fraction of sp³-hybridized carbons (Fsp3) is 0.444. The lowest BCUT2D eigenvalue weighted by Gasteiger charge is -2.30. The van der Waals surface area contributed by atoms with Crippen molar-refractivity contribution in [2.24, 2.45) is 14.1 Å². The standard InChI is InChI=1S/C27H33ClF2N6O3/c1-16-32-13-22(35(16)4)27(37,23-14-33-17(2)36(23)5)18-7-8-21-19(11-18)24(28)20(25(34-21)38-6)12-31-9-10-39-15-26(3,29)30/h7-8,11,13-14,31,37H,9-10,12,15H2,1-6H3. The molecule has 9 nitrogen and oxygen atoms in total. The first-order chi connectivity index (χ1) is 18.4. The van der Waals surface area contributed by atoms with E-state index in [0.29, 0.717) is 50.9 Å². The minimum atomic E-state index is -2.88. The van der Waals surface area contributed by atoms with Gasteiger partial charge in [-0.15, -0.1) is 0 Å². The highest BCUT2D eigenvalue weighted by Gasteiger charge is 2.40. The minimum absolute atomic E-state index is 0.107. The maximum absolute atomic E-state index is 13.0. The number of aromatic nitrogens is 5. The normalized spacial score (nSPS) is 12.5. The van der Waals surface area contributed by atoms with Crippen LogP contribution in [0.25, 0.3) is 10.9 Å². The zero-order valence-electron chi connectivity index (χ0n) is 22.8. The Morgan fingerprint density at radius 1 is 1.08 bits per heavy atom. The molecule has 0 amide bonds. The summed E-state index contributed by atoms with van der Waals surface area (Å²) in [6.07, 6.45) is 3.31. The van der Waals surface area contributed by atoms with E-state index in [1.165, 1.54) is 7.11 Å². The van der Waals surface area contributed by atoms with E-state index in [0.717, 1.165) is 18.6 Å². The molecule has 0 atom stereocenters. The molecule has 0 spiro atoms. The summed E-state index contributed by atoms with van der Waals surface area (Å²) in [5, 5.41) is 16.6. The number of methoxy groups -OCH3 is 1. The molecule has 4 rings (SSSR count). The molecular weight excluding hydrogens is 530 g/mol. The number of halogens is 3. The van der Waals surface area contributed by atoms with Crippen molar-refractivity contribution < 1.29 is 23.4 Å². The highest BCUT2D eigenvalue weighted by molar-refractivity contribution is 6.36. The van der Waals surface area contributed by atoms with Crippen LogP contribution < -0.4 is 10.1 Å². The maximum atomic E-state index is 13.0. The number of hydrogen-bond donors (Lipinski definition) is 2. The Morgan fingerprint density at radius 3 is 2.21 bits per heavy atom. The molecule has 0 radical (unpaired) electrons. The van der Waals surface area contributed by atoms with Gasteiger partial charge in [-0.1, -0.05) is 17.7 Å². The predicted octanol–water partition coefficient (Wildman–Crippen LogP) is 4.03. The topological polar surface area (TPSA) is 99.3 Å². The first-order valence-electron chi connectivity index (χ1n) is 12.4. The monoisotopic (exact) mass is 562 g/mol. The van der Waals surface area contributed by atoms with E-state index < -0.39 is 18.1 Å². The SMILES string of the molecule is COc1nc2ccc(C(O)(c3cnc(C)n3C)c3cnc(C)n3C)cc2c(Cl)c1CNCCOCC(C)(F)F. The third-order valence-corrected chi connectivity index (χ3v) is 7.28. The number of ether oxygens (including phenoxy) is 2. The number of nitrogens with one attached hydrogen (secondary N) is 1. The highest BCUT2D eigenvalue weighted by Crippen LogP contribution is 2.40. The molecule has 210 valence electrons. The van der Waals surface area contributed by atoms with Gasteiger partial charge in [0, 0.05) is 45.1 Å². The quantitative estimate of drug-likeness (QED) is 0.266. The molecule has 39 heavy (non-hydrogen) atoms. The van der Waals surface area contributed by atoms with Crippen LogP contribution in [0.15, 0.2) is 30.6 Å². The van der Waals surface area contributed by atoms with Crippen LogP contribution in [0.4, 0.5) is 8.78 Å². The average molecular weight is 563 g/mol. The molecule has 0 saturated carbocycles. The number of nitrogens with zero attached hydrogens (tertiary/aromatic N) is 5. The third-order valence-electron chi connectivity index (χ3n) is 6.85. The Morgan fingerprint density at radius 2 is 1.69 bits per heavy atom. The number of alkyl halides is 2. The number of benzene rings is 1. The lowest BCUT2D eigenvalue weighted by atomic mass is 9.86. The second-order valence-electron chi connectivity index (χ2n) is 9.65. The molecule has 0 bridgehead atoms. The van der Waals surface area contributed by atoms with Crippen molar-refractivity contribution in [3.63, 3.8) is 0 Å². The van der Waals surface area contributed by atoms with Crippen LogP contribution in [0.5, 0.6) is 5.88 Å². The van der Waals surface area contributed by atoms with E-state index in [2.05, 4.69) is 20.3 Å². The lowest BCUT2D eigenvalue weighted by molar-refractivity contribution is -0.0614. The molecule has 3 heterocycles. The maximum Gasteiger partial charge on any atom is 0.268 e. The van der Waals surface area contributed by atoms with Gasteiger partial charge >= 0.3 is 0 Å². The van der Waals surface area contributed by atoms with Gasteiger partial charge in [0.15, 0.2) is 5.60 Å². The van der Waals surface area contributed by atoms with Crippen LogP contribution in [-0.2, 0) is 31.0 Å². The Hall–Kier alpha value is -3.12. The summed E-state index contributed by atoms with van der Waals surface area (Å²) in [5.74, 6) is -1.05. The summed E-state index contributed by atoms with van der Waals surface area (Å²) in [5.41, 5.74) is 1.28. The first kappa shape index (κ1) is 28.9. The molecule has 4 aromatic rings. The second kappa shape index (κ2) is 11.2. The Labute approximate surface area is 230 Å². The van der Waals surface area contributed by atoms with E-state index in [-0.39, 0.29) is 13.2 Å². The van der Waals surface area contributed by atoms with Crippen molar-refractivity contribution in [2.45, 2.75) is 38.8 Å². The van der Waals surface area contributed by atoms with Gasteiger partial charge in [0.2, 0.25) is 5.88 Å². The molecule has 2 N–H and O–H groups in total. The van der Waals surface area contributed by atoms with Gasteiger partial charge in [-0.2, -0.15) is 0 Å². The summed E-state index contributed by atoms with van der Waals surface area (Å²) < 4.78 is 40.1. The van der Waals surface area contributed by atoms with Gasteiger partial charge in [-0.3, -0.25) is 0 Å². The van der Waals surface area contributed by atoms with Crippen LogP contribution in [0, 0.1) is 13.8 Å². The number of imidazole rings is 2. The number of aryl methyl sites for hydroxylation is 2. The largest absolute Gasteiger partial charge is 0.481 e. The van der Waals surface area contributed by atoms with E-state index in [9.17, 15) is 13.9 Å². The van der Waals surface area contributed by atoms with Crippen LogP contribution in [0.1, 0.15) is 41.1 Å². The smallest absolute Gasteiger partial charge is 0.268 e. The first-order valence-corrected chi connectivity index (χ1v) is 12.8. The zero-order chi connectivity index (χ0) is 28.5. The fourth-order valence-electron chi connectivity index (χ4n) is 4.50. The van der Waals surface area contributed by atoms with Crippen LogP contribution in [0.2, 0.25) is 5.02 Å². The van der Waals surface area contributed by atoms with Gasteiger partial charge in [0.1, 0.15) is 18.3 Å². The van der Waals surface area contributed by atoms with Crippen molar-refractivity contribution in [3.8, 4) is 5.88 Å². The van der Waals surface area contributed by atoms with Crippen molar-refractivity contribution in [1.29, 1.82) is 0 Å².